The maximum Gasteiger partial charge on any atom is 0.359 e. The summed E-state index contributed by atoms with van der Waals surface area (Å²) in [5.74, 6) is -1.58. The predicted molar refractivity (Wildman–Crippen MR) is 119 cm³/mol. The third kappa shape index (κ3) is 5.56. The summed E-state index contributed by atoms with van der Waals surface area (Å²) >= 11 is 0. The van der Waals surface area contributed by atoms with Crippen molar-refractivity contribution in [2.24, 2.45) is 0 Å². The molecule has 2 aromatic rings. The Kier molecular flexibility index (Phi) is 8.44. The highest BCUT2D eigenvalue weighted by Crippen LogP contribution is 2.27. The second-order valence-corrected chi connectivity index (χ2v) is 7.51. The minimum atomic E-state index is -0.738. The van der Waals surface area contributed by atoms with Crippen LogP contribution in [0.5, 0.6) is 5.75 Å². The molecule has 8 nitrogen and oxygen atoms in total. The van der Waals surface area contributed by atoms with Crippen molar-refractivity contribution in [1.29, 1.82) is 0 Å². The van der Waals surface area contributed by atoms with E-state index in [4.69, 9.17) is 14.2 Å². The molecule has 0 radical (unpaired) electrons. The first-order chi connectivity index (χ1) is 15.6. The van der Waals surface area contributed by atoms with E-state index in [1.54, 1.807) is 18.4 Å². The number of ether oxygens (including phenoxy) is 3. The van der Waals surface area contributed by atoms with Gasteiger partial charge in [-0.3, -0.25) is 4.79 Å². The van der Waals surface area contributed by atoms with E-state index in [0.717, 1.165) is 37.9 Å². The molecule has 0 amide bonds. The van der Waals surface area contributed by atoms with Crippen LogP contribution >= 0.6 is 0 Å². The highest BCUT2D eigenvalue weighted by Gasteiger charge is 2.30. The molecule has 8 heteroatoms. The number of benzene rings is 1. The monoisotopic (exact) mass is 442 g/mol. The number of nitrogens with zero attached hydrogens (tertiary/aromatic N) is 1. The van der Waals surface area contributed by atoms with Gasteiger partial charge in [-0.15, -0.1) is 0 Å². The third-order valence-corrected chi connectivity index (χ3v) is 5.32. The summed E-state index contributed by atoms with van der Waals surface area (Å²) in [5, 5.41) is 3.34. The van der Waals surface area contributed by atoms with E-state index >= 15 is 0 Å². The van der Waals surface area contributed by atoms with Gasteiger partial charge in [-0.05, 0) is 51.8 Å². The quantitative estimate of drug-likeness (QED) is 0.628. The van der Waals surface area contributed by atoms with Crippen LogP contribution in [-0.2, 0) is 16.1 Å². The van der Waals surface area contributed by atoms with E-state index in [1.807, 2.05) is 30.3 Å². The molecule has 1 N–H and O–H groups in total. The van der Waals surface area contributed by atoms with Gasteiger partial charge in [0.25, 0.3) is 0 Å². The Morgan fingerprint density at radius 3 is 2.47 bits per heavy atom. The molecule has 1 aromatic carbocycles. The Labute approximate surface area is 187 Å². The number of hydrogen-bond acceptors (Lipinski definition) is 7. The number of pyridine rings is 1. The molecule has 1 atom stereocenters. The van der Waals surface area contributed by atoms with Crippen molar-refractivity contribution in [3.63, 3.8) is 0 Å². The van der Waals surface area contributed by atoms with Crippen LogP contribution in [0.25, 0.3) is 0 Å². The molecule has 0 saturated carbocycles. The van der Waals surface area contributed by atoms with Gasteiger partial charge >= 0.3 is 11.9 Å². The summed E-state index contributed by atoms with van der Waals surface area (Å²) in [4.78, 5) is 38.9. The lowest BCUT2D eigenvalue weighted by molar-refractivity contribution is 0.0488. The van der Waals surface area contributed by atoms with Gasteiger partial charge < -0.3 is 24.1 Å². The maximum absolute atomic E-state index is 13.3. The van der Waals surface area contributed by atoms with Crippen molar-refractivity contribution in [1.82, 2.24) is 9.88 Å². The van der Waals surface area contributed by atoms with E-state index in [1.165, 1.54) is 6.20 Å². The summed E-state index contributed by atoms with van der Waals surface area (Å²) in [6.07, 6.45) is 3.84. The molecule has 2 heterocycles. The van der Waals surface area contributed by atoms with Crippen molar-refractivity contribution in [3.8, 4) is 5.75 Å². The van der Waals surface area contributed by atoms with Crippen LogP contribution in [0.2, 0.25) is 0 Å². The van der Waals surface area contributed by atoms with Crippen molar-refractivity contribution in [3.05, 3.63) is 63.6 Å². The molecule has 3 rings (SSSR count). The number of esters is 2. The fourth-order valence-corrected chi connectivity index (χ4v) is 3.79. The molecule has 172 valence electrons. The van der Waals surface area contributed by atoms with Crippen LogP contribution < -0.4 is 15.5 Å². The third-order valence-electron chi connectivity index (χ3n) is 5.32. The van der Waals surface area contributed by atoms with Gasteiger partial charge in [0.1, 0.15) is 12.2 Å². The number of carbonyl (C=O) groups excluding carboxylic acids is 2. The van der Waals surface area contributed by atoms with Crippen LogP contribution in [0.15, 0.2) is 41.3 Å². The zero-order valence-corrected chi connectivity index (χ0v) is 18.6. The Balaban J connectivity index is 2.15. The molecule has 1 fully saturated rings. The number of nitrogens with one attached hydrogen (secondary N) is 1. The Morgan fingerprint density at radius 1 is 1.03 bits per heavy atom. The molecule has 1 aromatic heterocycles. The second-order valence-electron chi connectivity index (χ2n) is 7.51. The molecular formula is C24H30N2O6. The predicted octanol–water partition coefficient (Wildman–Crippen LogP) is 3.10. The SMILES string of the molecule is CCOC(=O)c1cn(C2CCCNCC2)c(C(=O)OCC)c(OCc2ccccc2)c1=O. The van der Waals surface area contributed by atoms with E-state index in [9.17, 15) is 14.4 Å². The van der Waals surface area contributed by atoms with Gasteiger partial charge in [-0.25, -0.2) is 9.59 Å². The van der Waals surface area contributed by atoms with Gasteiger partial charge in [-0.2, -0.15) is 0 Å². The largest absolute Gasteiger partial charge is 0.482 e. The topological polar surface area (TPSA) is 95.9 Å². The smallest absolute Gasteiger partial charge is 0.359 e. The summed E-state index contributed by atoms with van der Waals surface area (Å²) in [5.41, 5.74) is 0.0341. The van der Waals surface area contributed by atoms with Crippen molar-refractivity contribution >= 4 is 11.9 Å². The van der Waals surface area contributed by atoms with Gasteiger partial charge in [0, 0.05) is 12.2 Å². The van der Waals surface area contributed by atoms with Crippen molar-refractivity contribution < 1.29 is 23.8 Å². The fraction of sp³-hybridized carbons (Fsp3) is 0.458. The lowest BCUT2D eigenvalue weighted by Crippen LogP contribution is -2.29. The van der Waals surface area contributed by atoms with E-state index in [0.29, 0.717) is 0 Å². The van der Waals surface area contributed by atoms with Crippen LogP contribution in [0, 0.1) is 0 Å². The minimum absolute atomic E-state index is 0.0349. The van der Waals surface area contributed by atoms with Gasteiger partial charge in [-0.1, -0.05) is 30.3 Å². The van der Waals surface area contributed by atoms with Crippen LogP contribution in [0.1, 0.15) is 65.6 Å². The first kappa shape index (κ1) is 23.5. The molecular weight excluding hydrogens is 412 g/mol. The van der Waals surface area contributed by atoms with E-state index < -0.39 is 17.4 Å². The number of rotatable bonds is 8. The number of hydrogen-bond donors (Lipinski definition) is 1. The van der Waals surface area contributed by atoms with Gasteiger partial charge in [0.15, 0.2) is 11.4 Å². The fourth-order valence-electron chi connectivity index (χ4n) is 3.79. The molecule has 0 bridgehead atoms. The highest BCUT2D eigenvalue weighted by molar-refractivity contribution is 5.94. The van der Waals surface area contributed by atoms with E-state index in [-0.39, 0.29) is 42.9 Å². The first-order valence-electron chi connectivity index (χ1n) is 11.1. The number of carbonyl (C=O) groups is 2. The summed E-state index contributed by atoms with van der Waals surface area (Å²) < 4.78 is 18.0. The zero-order valence-electron chi connectivity index (χ0n) is 18.6. The lowest BCUT2D eigenvalue weighted by atomic mass is 10.1. The van der Waals surface area contributed by atoms with Gasteiger partial charge in [0.05, 0.1) is 13.2 Å². The molecule has 1 saturated heterocycles. The first-order valence-corrected chi connectivity index (χ1v) is 11.1. The highest BCUT2D eigenvalue weighted by atomic mass is 16.5. The maximum atomic E-state index is 13.3. The normalized spacial score (nSPS) is 16.1. The molecule has 0 spiro atoms. The lowest BCUT2D eigenvalue weighted by Gasteiger charge is -2.24. The van der Waals surface area contributed by atoms with Crippen molar-refractivity contribution in [2.45, 2.75) is 45.8 Å². The Morgan fingerprint density at radius 2 is 1.75 bits per heavy atom. The summed E-state index contributed by atoms with van der Waals surface area (Å²) in [7, 11) is 0. The second kappa shape index (κ2) is 11.5. The minimum Gasteiger partial charge on any atom is -0.482 e. The number of aromatic nitrogens is 1. The standard InChI is InChI=1S/C24H30N2O6/c1-3-30-23(28)19-15-26(18-11-8-13-25-14-12-18)20(24(29)31-4-2)22(21(19)27)32-16-17-9-6-5-7-10-17/h5-7,9-10,15,18,25H,3-4,8,11-14,16H2,1-2H3. The molecule has 1 aliphatic rings. The Bertz CT molecular complexity index is 978. The Hall–Kier alpha value is -3.13. The van der Waals surface area contributed by atoms with E-state index in [2.05, 4.69) is 5.32 Å². The molecule has 1 aliphatic heterocycles. The van der Waals surface area contributed by atoms with Crippen LogP contribution in [0.4, 0.5) is 0 Å². The summed E-state index contributed by atoms with van der Waals surface area (Å²) in [6.45, 7) is 5.35. The van der Waals surface area contributed by atoms with Crippen molar-refractivity contribution in [2.75, 3.05) is 26.3 Å². The molecule has 0 aliphatic carbocycles. The van der Waals surface area contributed by atoms with Crippen LogP contribution in [-0.4, -0.2) is 42.8 Å². The van der Waals surface area contributed by atoms with Gasteiger partial charge in [0.2, 0.25) is 5.43 Å². The average Bonchev–Trinajstić information content (AvgIpc) is 3.08. The zero-order chi connectivity index (χ0) is 22.9. The summed E-state index contributed by atoms with van der Waals surface area (Å²) in [6, 6.07) is 9.20. The average molecular weight is 443 g/mol. The molecule has 1 unspecified atom stereocenters. The van der Waals surface area contributed by atoms with Crippen LogP contribution in [0.3, 0.4) is 0 Å². The molecule has 32 heavy (non-hydrogen) atoms.